The number of hydrogen-bond acceptors (Lipinski definition) is 2. The van der Waals surface area contributed by atoms with Crippen LogP contribution in [0.15, 0.2) is 35.5 Å². The topological polar surface area (TPSA) is 32.6 Å². The fourth-order valence-corrected chi connectivity index (χ4v) is 0.869. The average molecular weight is 159 g/mol. The first kappa shape index (κ1) is 8.35. The Balaban J connectivity index is 3.02. The van der Waals surface area contributed by atoms with Gasteiger partial charge >= 0.3 is 0 Å². The van der Waals surface area contributed by atoms with Gasteiger partial charge in [-0.15, -0.1) is 0 Å². The van der Waals surface area contributed by atoms with E-state index in [2.05, 4.69) is 17.0 Å². The molecule has 0 unspecified atom stereocenters. The molecule has 0 aromatic heterocycles. The lowest BCUT2D eigenvalue weighted by atomic mass is 10.1. The van der Waals surface area contributed by atoms with Gasteiger partial charge in [-0.05, 0) is 12.8 Å². The van der Waals surface area contributed by atoms with Crippen molar-refractivity contribution in [1.29, 1.82) is 0 Å². The number of nitrogens with zero attached hydrogens (tertiary/aromatic N) is 1. The van der Waals surface area contributed by atoms with Gasteiger partial charge in [0.1, 0.15) is 0 Å². The smallest absolute Gasteiger partial charge is 0.159 e. The van der Waals surface area contributed by atoms with Crippen LogP contribution in [0.5, 0.6) is 0 Å². The van der Waals surface area contributed by atoms with E-state index in [1.165, 1.54) is 0 Å². The molecule has 60 valence electrons. The zero-order valence-corrected chi connectivity index (χ0v) is 6.78. The molecule has 1 aromatic carbocycles. The van der Waals surface area contributed by atoms with E-state index < -0.39 is 0 Å². The molecule has 1 N–H and O–H groups in total. The van der Waals surface area contributed by atoms with Gasteiger partial charge in [0.05, 0.1) is 0 Å². The molecule has 0 saturated carbocycles. The van der Waals surface area contributed by atoms with Gasteiger partial charge < -0.3 is 5.21 Å². The predicted molar refractivity (Wildman–Crippen MR) is 48.2 cm³/mol. The van der Waals surface area contributed by atoms with Gasteiger partial charge in [0, 0.05) is 5.56 Å². The first-order chi connectivity index (χ1) is 5.88. The lowest BCUT2D eigenvalue weighted by molar-refractivity contribution is 0.320. The number of benzene rings is 1. The Bertz CT molecular complexity index is 330. The Morgan fingerprint density at radius 2 is 2.00 bits per heavy atom. The highest BCUT2D eigenvalue weighted by atomic mass is 16.4. The monoisotopic (exact) mass is 159 g/mol. The molecule has 0 aliphatic rings. The first-order valence-electron chi connectivity index (χ1n) is 3.58. The second-order valence-corrected chi connectivity index (χ2v) is 2.19. The standard InChI is InChI=1S/C10H9NO/c1-2-6-10(11-12)9-7-4-3-5-8-9/h3-5,7-8,12H,1H3/b11-10+. The molecule has 1 rings (SSSR count). The van der Waals surface area contributed by atoms with Crippen LogP contribution < -0.4 is 0 Å². The fourth-order valence-electron chi connectivity index (χ4n) is 0.869. The zero-order chi connectivity index (χ0) is 8.81. The molecule has 0 spiro atoms. The minimum Gasteiger partial charge on any atom is -0.410 e. The van der Waals surface area contributed by atoms with Crippen LogP contribution in [0.1, 0.15) is 12.5 Å². The summed E-state index contributed by atoms with van der Waals surface area (Å²) < 4.78 is 0. The Morgan fingerprint density at radius 3 is 2.50 bits per heavy atom. The van der Waals surface area contributed by atoms with Gasteiger partial charge in [-0.25, -0.2) is 0 Å². The van der Waals surface area contributed by atoms with Gasteiger partial charge in [0.25, 0.3) is 0 Å². The quantitative estimate of drug-likeness (QED) is 0.288. The van der Waals surface area contributed by atoms with Crippen LogP contribution in [-0.4, -0.2) is 10.9 Å². The summed E-state index contributed by atoms with van der Waals surface area (Å²) in [5, 5.41) is 11.7. The number of hydrogen-bond donors (Lipinski definition) is 1. The number of rotatable bonds is 1. The summed E-state index contributed by atoms with van der Waals surface area (Å²) in [6, 6.07) is 9.34. The summed E-state index contributed by atoms with van der Waals surface area (Å²) in [6.45, 7) is 1.70. The third-order valence-corrected chi connectivity index (χ3v) is 1.39. The van der Waals surface area contributed by atoms with E-state index in [1.807, 2.05) is 30.3 Å². The normalized spacial score (nSPS) is 10.2. The van der Waals surface area contributed by atoms with E-state index in [1.54, 1.807) is 6.92 Å². The molecular weight excluding hydrogens is 150 g/mol. The Hall–Kier alpha value is -1.75. The molecule has 1 aromatic rings. The highest BCUT2D eigenvalue weighted by Gasteiger charge is 1.97. The number of oxime groups is 1. The van der Waals surface area contributed by atoms with E-state index in [4.69, 9.17) is 5.21 Å². The molecule has 0 fully saturated rings. The van der Waals surface area contributed by atoms with Crippen LogP contribution in [0, 0.1) is 11.8 Å². The second kappa shape index (κ2) is 4.20. The highest BCUT2D eigenvalue weighted by Crippen LogP contribution is 1.99. The Morgan fingerprint density at radius 1 is 1.33 bits per heavy atom. The van der Waals surface area contributed by atoms with Crippen LogP contribution in [0.25, 0.3) is 0 Å². The predicted octanol–water partition coefficient (Wildman–Crippen LogP) is 1.89. The van der Waals surface area contributed by atoms with Crippen molar-refractivity contribution in [3.63, 3.8) is 0 Å². The maximum absolute atomic E-state index is 8.60. The Kier molecular flexibility index (Phi) is 2.92. The molecule has 12 heavy (non-hydrogen) atoms. The highest BCUT2D eigenvalue weighted by molar-refractivity contribution is 6.12. The summed E-state index contributed by atoms with van der Waals surface area (Å²) in [6.07, 6.45) is 0. The lowest BCUT2D eigenvalue weighted by Gasteiger charge is -1.94. The van der Waals surface area contributed by atoms with Crippen molar-refractivity contribution < 1.29 is 5.21 Å². The van der Waals surface area contributed by atoms with Crippen LogP contribution in [0.2, 0.25) is 0 Å². The molecule has 0 aliphatic carbocycles. The van der Waals surface area contributed by atoms with Crippen LogP contribution in [0.4, 0.5) is 0 Å². The van der Waals surface area contributed by atoms with Gasteiger partial charge in [0.2, 0.25) is 0 Å². The maximum atomic E-state index is 8.60. The summed E-state index contributed by atoms with van der Waals surface area (Å²) in [5.41, 5.74) is 1.23. The summed E-state index contributed by atoms with van der Waals surface area (Å²) in [4.78, 5) is 0. The molecule has 0 amide bonds. The molecule has 0 bridgehead atoms. The van der Waals surface area contributed by atoms with Crippen molar-refractivity contribution in [3.8, 4) is 11.8 Å². The molecule has 0 saturated heterocycles. The molecule has 0 heterocycles. The van der Waals surface area contributed by atoms with Gasteiger partial charge in [-0.3, -0.25) is 0 Å². The van der Waals surface area contributed by atoms with E-state index >= 15 is 0 Å². The molecule has 0 aliphatic heterocycles. The molecule has 0 atom stereocenters. The summed E-state index contributed by atoms with van der Waals surface area (Å²) in [5.74, 6) is 5.37. The van der Waals surface area contributed by atoms with E-state index in [-0.39, 0.29) is 0 Å². The zero-order valence-electron chi connectivity index (χ0n) is 6.78. The largest absolute Gasteiger partial charge is 0.410 e. The minimum atomic E-state index is 0.401. The SMILES string of the molecule is CC#C/C(=N\O)c1ccccc1. The van der Waals surface area contributed by atoms with Gasteiger partial charge in [-0.1, -0.05) is 41.4 Å². The van der Waals surface area contributed by atoms with E-state index in [0.29, 0.717) is 5.71 Å². The van der Waals surface area contributed by atoms with Crippen molar-refractivity contribution in [2.45, 2.75) is 6.92 Å². The summed E-state index contributed by atoms with van der Waals surface area (Å²) >= 11 is 0. The van der Waals surface area contributed by atoms with Crippen LogP contribution in [-0.2, 0) is 0 Å². The van der Waals surface area contributed by atoms with E-state index in [9.17, 15) is 0 Å². The third kappa shape index (κ3) is 1.86. The third-order valence-electron chi connectivity index (χ3n) is 1.39. The average Bonchev–Trinajstić information content (AvgIpc) is 2.15. The van der Waals surface area contributed by atoms with E-state index in [0.717, 1.165) is 5.56 Å². The first-order valence-corrected chi connectivity index (χ1v) is 3.58. The van der Waals surface area contributed by atoms with Crippen LogP contribution >= 0.6 is 0 Å². The minimum absolute atomic E-state index is 0.401. The van der Waals surface area contributed by atoms with Gasteiger partial charge in [0.15, 0.2) is 5.71 Å². The molecule has 0 radical (unpaired) electrons. The fraction of sp³-hybridized carbons (Fsp3) is 0.100. The van der Waals surface area contributed by atoms with Crippen molar-refractivity contribution >= 4 is 5.71 Å². The van der Waals surface area contributed by atoms with Crippen molar-refractivity contribution in [3.05, 3.63) is 35.9 Å². The summed E-state index contributed by atoms with van der Waals surface area (Å²) in [7, 11) is 0. The molecule has 2 heteroatoms. The van der Waals surface area contributed by atoms with Crippen molar-refractivity contribution in [1.82, 2.24) is 0 Å². The Labute approximate surface area is 71.5 Å². The van der Waals surface area contributed by atoms with Crippen molar-refractivity contribution in [2.75, 3.05) is 0 Å². The van der Waals surface area contributed by atoms with Crippen LogP contribution in [0.3, 0.4) is 0 Å². The molecule has 2 nitrogen and oxygen atoms in total. The van der Waals surface area contributed by atoms with Gasteiger partial charge in [-0.2, -0.15) is 0 Å². The maximum Gasteiger partial charge on any atom is 0.159 e. The van der Waals surface area contributed by atoms with Crippen molar-refractivity contribution in [2.24, 2.45) is 5.16 Å². The molecular formula is C10H9NO. The lowest BCUT2D eigenvalue weighted by Crippen LogP contribution is -1.95. The second-order valence-electron chi connectivity index (χ2n) is 2.19.